The minimum atomic E-state index is -0.801. The molecule has 1 atom stereocenters. The first kappa shape index (κ1) is 15.9. The molecule has 21 heavy (non-hydrogen) atoms. The summed E-state index contributed by atoms with van der Waals surface area (Å²) in [6, 6.07) is 10.2. The maximum absolute atomic E-state index is 11.7. The Morgan fingerprint density at radius 2 is 2.10 bits per heavy atom. The zero-order valence-electron chi connectivity index (χ0n) is 12.9. The highest BCUT2D eigenvalue weighted by Gasteiger charge is 2.44. The van der Waals surface area contributed by atoms with Gasteiger partial charge >= 0.3 is 5.97 Å². The van der Waals surface area contributed by atoms with E-state index in [0.29, 0.717) is 19.5 Å². The average Bonchev–Trinajstić information content (AvgIpc) is 2.84. The fourth-order valence-corrected chi connectivity index (χ4v) is 2.78. The molecule has 0 bridgehead atoms. The van der Waals surface area contributed by atoms with Crippen LogP contribution in [0.1, 0.15) is 12.0 Å². The topological polar surface area (TPSA) is 55.8 Å². The Morgan fingerprint density at radius 1 is 1.38 bits per heavy atom. The molecule has 0 amide bonds. The van der Waals surface area contributed by atoms with Crippen molar-refractivity contribution in [3.8, 4) is 0 Å². The number of nitrogens with zero attached hydrogens (tertiary/aromatic N) is 2. The Kier molecular flexibility index (Phi) is 5.33. The van der Waals surface area contributed by atoms with Gasteiger partial charge in [0.05, 0.1) is 0 Å². The van der Waals surface area contributed by atoms with Crippen LogP contribution in [0, 0.1) is 0 Å². The molecule has 2 rings (SSSR count). The highest BCUT2D eigenvalue weighted by Crippen LogP contribution is 2.23. The molecule has 1 aliphatic rings. The average molecular weight is 291 g/mol. The summed E-state index contributed by atoms with van der Waals surface area (Å²) < 4.78 is 0. The van der Waals surface area contributed by atoms with Crippen LogP contribution in [0.2, 0.25) is 0 Å². The molecular formula is C16H25N3O2. The second-order valence-electron chi connectivity index (χ2n) is 6.06. The lowest BCUT2D eigenvalue weighted by atomic mass is 9.99. The molecule has 1 aliphatic heterocycles. The molecule has 0 spiro atoms. The van der Waals surface area contributed by atoms with Gasteiger partial charge in [0.2, 0.25) is 0 Å². The SMILES string of the molecule is CN(C)CCNC1(C(=O)O)CCN(Cc2ccccc2)C1. The maximum atomic E-state index is 11.7. The van der Waals surface area contributed by atoms with Gasteiger partial charge in [-0.2, -0.15) is 0 Å². The largest absolute Gasteiger partial charge is 0.480 e. The Balaban J connectivity index is 1.93. The van der Waals surface area contributed by atoms with Gasteiger partial charge < -0.3 is 10.0 Å². The fraction of sp³-hybridized carbons (Fsp3) is 0.562. The number of likely N-dealkylation sites (N-methyl/N-ethyl adjacent to an activating group) is 1. The summed E-state index contributed by atoms with van der Waals surface area (Å²) in [6.45, 7) is 3.72. The Bertz CT molecular complexity index is 464. The summed E-state index contributed by atoms with van der Waals surface area (Å²) in [7, 11) is 3.98. The molecule has 0 aliphatic carbocycles. The van der Waals surface area contributed by atoms with Crippen molar-refractivity contribution in [3.63, 3.8) is 0 Å². The van der Waals surface area contributed by atoms with Gasteiger partial charge in [0, 0.05) is 32.7 Å². The van der Waals surface area contributed by atoms with E-state index >= 15 is 0 Å². The minimum Gasteiger partial charge on any atom is -0.480 e. The first-order valence-corrected chi connectivity index (χ1v) is 7.41. The number of hydrogen-bond acceptors (Lipinski definition) is 4. The van der Waals surface area contributed by atoms with E-state index in [1.54, 1.807) is 0 Å². The molecule has 116 valence electrons. The summed E-state index contributed by atoms with van der Waals surface area (Å²) >= 11 is 0. The molecule has 0 saturated carbocycles. The molecule has 1 heterocycles. The number of carboxylic acid groups (broad SMARTS) is 1. The highest BCUT2D eigenvalue weighted by molar-refractivity contribution is 5.79. The zero-order valence-corrected chi connectivity index (χ0v) is 12.9. The van der Waals surface area contributed by atoms with Crippen LogP contribution >= 0.6 is 0 Å². The van der Waals surface area contributed by atoms with E-state index in [9.17, 15) is 9.90 Å². The molecule has 1 fully saturated rings. The van der Waals surface area contributed by atoms with Gasteiger partial charge in [-0.3, -0.25) is 15.0 Å². The predicted octanol–water partition coefficient (Wildman–Crippen LogP) is 0.867. The van der Waals surface area contributed by atoms with Crippen molar-refractivity contribution >= 4 is 5.97 Å². The van der Waals surface area contributed by atoms with E-state index in [1.807, 2.05) is 32.3 Å². The monoisotopic (exact) mass is 291 g/mol. The van der Waals surface area contributed by atoms with Gasteiger partial charge in [-0.1, -0.05) is 30.3 Å². The van der Waals surface area contributed by atoms with Gasteiger partial charge in [0.15, 0.2) is 0 Å². The number of carbonyl (C=O) groups is 1. The van der Waals surface area contributed by atoms with Crippen molar-refractivity contribution in [3.05, 3.63) is 35.9 Å². The fourth-order valence-electron chi connectivity index (χ4n) is 2.78. The van der Waals surface area contributed by atoms with Crippen LogP contribution < -0.4 is 5.32 Å². The third kappa shape index (κ3) is 4.27. The summed E-state index contributed by atoms with van der Waals surface area (Å²) in [5.41, 5.74) is 0.428. The molecule has 1 saturated heterocycles. The van der Waals surface area contributed by atoms with E-state index in [4.69, 9.17) is 0 Å². The van der Waals surface area contributed by atoms with Gasteiger partial charge in [-0.05, 0) is 26.1 Å². The Morgan fingerprint density at radius 3 is 2.71 bits per heavy atom. The van der Waals surface area contributed by atoms with Gasteiger partial charge in [0.25, 0.3) is 0 Å². The number of carboxylic acids is 1. The molecular weight excluding hydrogens is 266 g/mol. The number of likely N-dealkylation sites (tertiary alicyclic amines) is 1. The Hall–Kier alpha value is -1.43. The van der Waals surface area contributed by atoms with Crippen molar-refractivity contribution in [2.24, 2.45) is 0 Å². The Labute approximate surface area is 126 Å². The summed E-state index contributed by atoms with van der Waals surface area (Å²) in [6.07, 6.45) is 0.655. The second kappa shape index (κ2) is 7.02. The maximum Gasteiger partial charge on any atom is 0.325 e. The van der Waals surface area contributed by atoms with E-state index in [0.717, 1.165) is 19.6 Å². The van der Waals surface area contributed by atoms with Gasteiger partial charge in [-0.15, -0.1) is 0 Å². The molecule has 2 N–H and O–H groups in total. The van der Waals surface area contributed by atoms with Crippen LogP contribution in [0.5, 0.6) is 0 Å². The number of benzene rings is 1. The number of rotatable bonds is 7. The quantitative estimate of drug-likeness (QED) is 0.780. The van der Waals surface area contributed by atoms with Crippen molar-refractivity contribution in [2.75, 3.05) is 40.3 Å². The molecule has 1 unspecified atom stereocenters. The lowest BCUT2D eigenvalue weighted by molar-refractivity contribution is -0.144. The van der Waals surface area contributed by atoms with Crippen molar-refractivity contribution in [2.45, 2.75) is 18.5 Å². The summed E-state index contributed by atoms with van der Waals surface area (Å²) in [5.74, 6) is -0.739. The van der Waals surface area contributed by atoms with Crippen LogP contribution in [0.15, 0.2) is 30.3 Å². The lowest BCUT2D eigenvalue weighted by Gasteiger charge is -2.27. The first-order chi connectivity index (χ1) is 10.0. The molecule has 0 aromatic heterocycles. The normalized spacial score (nSPS) is 22.8. The van der Waals surface area contributed by atoms with Crippen LogP contribution in [0.4, 0.5) is 0 Å². The van der Waals surface area contributed by atoms with Crippen molar-refractivity contribution in [1.29, 1.82) is 0 Å². The third-order valence-corrected chi connectivity index (χ3v) is 4.03. The summed E-state index contributed by atoms with van der Waals surface area (Å²) in [5, 5.41) is 12.9. The highest BCUT2D eigenvalue weighted by atomic mass is 16.4. The van der Waals surface area contributed by atoms with E-state index in [1.165, 1.54) is 5.56 Å². The van der Waals surface area contributed by atoms with Crippen molar-refractivity contribution in [1.82, 2.24) is 15.1 Å². The lowest BCUT2D eigenvalue weighted by Crippen LogP contribution is -2.55. The number of aliphatic carboxylic acids is 1. The number of nitrogens with one attached hydrogen (secondary N) is 1. The van der Waals surface area contributed by atoms with Crippen LogP contribution in [-0.4, -0.2) is 66.7 Å². The van der Waals surface area contributed by atoms with E-state index < -0.39 is 11.5 Å². The smallest absolute Gasteiger partial charge is 0.325 e. The predicted molar refractivity (Wildman–Crippen MR) is 83.3 cm³/mol. The first-order valence-electron chi connectivity index (χ1n) is 7.41. The van der Waals surface area contributed by atoms with Crippen LogP contribution in [0.3, 0.4) is 0 Å². The molecule has 0 radical (unpaired) electrons. The third-order valence-electron chi connectivity index (χ3n) is 4.03. The zero-order chi connectivity index (χ0) is 15.3. The molecule has 5 nitrogen and oxygen atoms in total. The second-order valence-corrected chi connectivity index (χ2v) is 6.06. The molecule has 1 aromatic rings. The minimum absolute atomic E-state index is 0.560. The molecule has 1 aromatic carbocycles. The van der Waals surface area contributed by atoms with Crippen molar-refractivity contribution < 1.29 is 9.90 Å². The van der Waals surface area contributed by atoms with E-state index in [2.05, 4.69) is 27.2 Å². The van der Waals surface area contributed by atoms with Gasteiger partial charge in [0.1, 0.15) is 5.54 Å². The van der Waals surface area contributed by atoms with Crippen LogP contribution in [0.25, 0.3) is 0 Å². The van der Waals surface area contributed by atoms with Crippen LogP contribution in [-0.2, 0) is 11.3 Å². The summed E-state index contributed by atoms with van der Waals surface area (Å²) in [4.78, 5) is 16.0. The standard InChI is InChI=1S/C16H25N3O2/c1-18(2)11-9-17-16(15(20)21)8-10-19(13-16)12-14-6-4-3-5-7-14/h3-7,17H,8-13H2,1-2H3,(H,20,21). The molecule has 5 heteroatoms. The van der Waals surface area contributed by atoms with Gasteiger partial charge in [-0.25, -0.2) is 0 Å². The number of hydrogen-bond donors (Lipinski definition) is 2. The van der Waals surface area contributed by atoms with E-state index in [-0.39, 0.29) is 0 Å².